The summed E-state index contributed by atoms with van der Waals surface area (Å²) in [7, 11) is 4.52. The summed E-state index contributed by atoms with van der Waals surface area (Å²) < 4.78 is 43.3. The molecule has 7 nitrogen and oxygen atoms in total. The fourth-order valence-corrected chi connectivity index (χ4v) is 4.93. The van der Waals surface area contributed by atoms with Gasteiger partial charge in [-0.25, -0.2) is 8.78 Å². The third kappa shape index (κ3) is 4.61. The Bertz CT molecular complexity index is 1140. The van der Waals surface area contributed by atoms with Crippen LogP contribution in [0.5, 0.6) is 17.2 Å². The van der Waals surface area contributed by atoms with Crippen molar-refractivity contribution in [1.82, 2.24) is 15.1 Å². The molecule has 2 aromatic carbocycles. The third-order valence-corrected chi connectivity index (χ3v) is 6.76. The van der Waals surface area contributed by atoms with Gasteiger partial charge < -0.3 is 19.1 Å². The largest absolute Gasteiger partial charge is 0.493 e. The van der Waals surface area contributed by atoms with Gasteiger partial charge in [-0.15, -0.1) is 10.2 Å². The molecule has 0 spiro atoms. The molecule has 2 heterocycles. The second kappa shape index (κ2) is 9.70. The van der Waals surface area contributed by atoms with Gasteiger partial charge in [0.1, 0.15) is 16.6 Å². The molecule has 33 heavy (non-hydrogen) atoms. The number of carbonyl (C=O) groups is 1. The summed E-state index contributed by atoms with van der Waals surface area (Å²) in [6.45, 7) is 1.08. The van der Waals surface area contributed by atoms with E-state index < -0.39 is 11.6 Å². The lowest BCUT2D eigenvalue weighted by molar-refractivity contribution is 0.0712. The Kier molecular flexibility index (Phi) is 6.73. The average molecular weight is 476 g/mol. The van der Waals surface area contributed by atoms with E-state index in [9.17, 15) is 13.6 Å². The number of aromatic nitrogens is 2. The third-order valence-electron chi connectivity index (χ3n) is 5.65. The minimum atomic E-state index is -0.663. The lowest BCUT2D eigenvalue weighted by Gasteiger charge is -2.31. The van der Waals surface area contributed by atoms with Crippen LogP contribution in [-0.4, -0.2) is 55.4 Å². The molecule has 3 aromatic rings. The highest BCUT2D eigenvalue weighted by molar-refractivity contribution is 7.14. The van der Waals surface area contributed by atoms with Crippen molar-refractivity contribution in [2.24, 2.45) is 0 Å². The van der Waals surface area contributed by atoms with Gasteiger partial charge in [0.25, 0.3) is 5.91 Å². The predicted octanol–water partition coefficient (Wildman–Crippen LogP) is 4.53. The van der Waals surface area contributed by atoms with Crippen LogP contribution in [0, 0.1) is 11.6 Å². The van der Waals surface area contributed by atoms with Crippen LogP contribution in [0.4, 0.5) is 8.78 Å². The SMILES string of the molecule is COc1cc(C(=O)N2CCC(c3nnc(-c4ccc(F)cc4F)s3)CC2)cc(OC)c1OC. The smallest absolute Gasteiger partial charge is 0.254 e. The standard InChI is InChI=1S/C23H23F2N3O4S/c1-30-18-10-14(11-19(31-2)20(18)32-3)23(29)28-8-6-13(7-9-28)21-26-27-22(33-21)16-5-4-15(24)12-17(16)25/h4-5,10-13H,6-9H2,1-3H3. The van der Waals surface area contributed by atoms with E-state index in [0.717, 1.165) is 11.1 Å². The summed E-state index contributed by atoms with van der Waals surface area (Å²) in [5.41, 5.74) is 0.683. The Balaban J connectivity index is 1.45. The number of hydrogen-bond acceptors (Lipinski definition) is 7. The van der Waals surface area contributed by atoms with Gasteiger partial charge in [0.05, 0.1) is 21.3 Å². The highest BCUT2D eigenvalue weighted by Crippen LogP contribution is 2.39. The first-order valence-electron chi connectivity index (χ1n) is 10.3. The first-order valence-corrected chi connectivity index (χ1v) is 11.1. The van der Waals surface area contributed by atoms with Crippen LogP contribution in [0.15, 0.2) is 30.3 Å². The van der Waals surface area contributed by atoms with Crippen molar-refractivity contribution in [2.45, 2.75) is 18.8 Å². The fourth-order valence-electron chi connectivity index (χ4n) is 3.89. The number of nitrogens with zero attached hydrogens (tertiary/aromatic N) is 3. The Hall–Kier alpha value is -3.27. The predicted molar refractivity (Wildman–Crippen MR) is 119 cm³/mol. The van der Waals surface area contributed by atoms with Gasteiger partial charge in [0.2, 0.25) is 5.75 Å². The number of benzene rings is 2. The monoisotopic (exact) mass is 475 g/mol. The van der Waals surface area contributed by atoms with Crippen LogP contribution >= 0.6 is 11.3 Å². The second-order valence-electron chi connectivity index (χ2n) is 7.55. The number of carbonyl (C=O) groups excluding carboxylic acids is 1. The summed E-state index contributed by atoms with van der Waals surface area (Å²) in [6, 6.07) is 6.69. The number of likely N-dealkylation sites (tertiary alicyclic amines) is 1. The number of amides is 1. The molecule has 0 atom stereocenters. The minimum absolute atomic E-state index is 0.115. The molecule has 10 heteroatoms. The van der Waals surface area contributed by atoms with E-state index in [-0.39, 0.29) is 17.4 Å². The zero-order valence-corrected chi connectivity index (χ0v) is 19.2. The van der Waals surface area contributed by atoms with Crippen molar-refractivity contribution in [3.05, 3.63) is 52.5 Å². The van der Waals surface area contributed by atoms with Crippen LogP contribution in [0.25, 0.3) is 10.6 Å². The lowest BCUT2D eigenvalue weighted by atomic mass is 9.97. The van der Waals surface area contributed by atoms with Gasteiger partial charge >= 0.3 is 0 Å². The maximum atomic E-state index is 14.1. The molecule has 174 valence electrons. The lowest BCUT2D eigenvalue weighted by Crippen LogP contribution is -2.37. The summed E-state index contributed by atoms with van der Waals surface area (Å²) >= 11 is 1.30. The molecule has 0 N–H and O–H groups in total. The first kappa shape index (κ1) is 22.9. The number of methoxy groups -OCH3 is 3. The average Bonchev–Trinajstić information content (AvgIpc) is 3.32. The number of piperidine rings is 1. The normalized spacial score (nSPS) is 14.3. The van der Waals surface area contributed by atoms with E-state index >= 15 is 0 Å². The molecular weight excluding hydrogens is 452 g/mol. The van der Waals surface area contributed by atoms with Gasteiger partial charge in [0.15, 0.2) is 16.5 Å². The van der Waals surface area contributed by atoms with E-state index in [1.54, 1.807) is 17.0 Å². The van der Waals surface area contributed by atoms with E-state index in [1.807, 2.05) is 0 Å². The van der Waals surface area contributed by atoms with Gasteiger partial charge in [-0.05, 0) is 37.1 Å². The summed E-state index contributed by atoms with van der Waals surface area (Å²) in [5, 5.41) is 9.53. The summed E-state index contributed by atoms with van der Waals surface area (Å²) in [4.78, 5) is 14.9. The molecule has 1 aliphatic rings. The second-order valence-corrected chi connectivity index (χ2v) is 8.56. The van der Waals surface area contributed by atoms with Crippen LogP contribution in [0.3, 0.4) is 0 Å². The van der Waals surface area contributed by atoms with Gasteiger partial charge in [-0.1, -0.05) is 11.3 Å². The van der Waals surface area contributed by atoms with Crippen molar-refractivity contribution in [2.75, 3.05) is 34.4 Å². The molecule has 1 aliphatic heterocycles. The van der Waals surface area contributed by atoms with E-state index in [0.29, 0.717) is 53.8 Å². The van der Waals surface area contributed by atoms with E-state index in [2.05, 4.69) is 10.2 Å². The van der Waals surface area contributed by atoms with Crippen molar-refractivity contribution < 1.29 is 27.8 Å². The minimum Gasteiger partial charge on any atom is -0.493 e. The molecule has 0 unspecified atom stereocenters. The highest BCUT2D eigenvalue weighted by Gasteiger charge is 2.28. The molecule has 0 bridgehead atoms. The van der Waals surface area contributed by atoms with Crippen molar-refractivity contribution >= 4 is 17.2 Å². The van der Waals surface area contributed by atoms with Gasteiger partial charge in [0, 0.05) is 36.2 Å². The zero-order valence-electron chi connectivity index (χ0n) is 18.4. The molecule has 4 rings (SSSR count). The molecular formula is C23H23F2N3O4S. The van der Waals surface area contributed by atoms with E-state index in [4.69, 9.17) is 14.2 Å². The number of ether oxygens (including phenoxy) is 3. The molecule has 1 saturated heterocycles. The Labute approximate surface area is 193 Å². The van der Waals surface area contributed by atoms with Crippen LogP contribution in [0.1, 0.15) is 34.1 Å². The van der Waals surface area contributed by atoms with Gasteiger partial charge in [-0.3, -0.25) is 4.79 Å². The van der Waals surface area contributed by atoms with Crippen molar-refractivity contribution in [3.8, 4) is 27.8 Å². The Morgan fingerprint density at radius 2 is 1.67 bits per heavy atom. The fraction of sp³-hybridized carbons (Fsp3) is 0.348. The Morgan fingerprint density at radius 3 is 2.24 bits per heavy atom. The molecule has 1 fully saturated rings. The van der Waals surface area contributed by atoms with Gasteiger partial charge in [-0.2, -0.15) is 0 Å². The topological polar surface area (TPSA) is 73.8 Å². The number of rotatable bonds is 6. The molecule has 1 aromatic heterocycles. The highest BCUT2D eigenvalue weighted by atomic mass is 32.1. The molecule has 1 amide bonds. The summed E-state index contributed by atoms with van der Waals surface area (Å²) in [5.74, 6) is -0.0368. The summed E-state index contributed by atoms with van der Waals surface area (Å²) in [6.07, 6.45) is 1.41. The molecule has 0 saturated carbocycles. The van der Waals surface area contributed by atoms with Crippen molar-refractivity contribution in [1.29, 1.82) is 0 Å². The molecule has 0 radical (unpaired) electrons. The van der Waals surface area contributed by atoms with E-state index in [1.165, 1.54) is 44.8 Å². The molecule has 0 aliphatic carbocycles. The van der Waals surface area contributed by atoms with Crippen LogP contribution < -0.4 is 14.2 Å². The first-order chi connectivity index (χ1) is 15.9. The quantitative estimate of drug-likeness (QED) is 0.522. The Morgan fingerprint density at radius 1 is 1.00 bits per heavy atom. The maximum absolute atomic E-state index is 14.1. The van der Waals surface area contributed by atoms with Crippen molar-refractivity contribution in [3.63, 3.8) is 0 Å². The van der Waals surface area contributed by atoms with Crippen LogP contribution in [-0.2, 0) is 0 Å². The number of halogens is 2. The maximum Gasteiger partial charge on any atom is 0.254 e. The van der Waals surface area contributed by atoms with Crippen LogP contribution in [0.2, 0.25) is 0 Å². The number of hydrogen-bond donors (Lipinski definition) is 0. The zero-order chi connectivity index (χ0) is 23.5.